The Morgan fingerprint density at radius 3 is 1.86 bits per heavy atom. The minimum Gasteiger partial charge on any atom is -0.0782 e. The van der Waals surface area contributed by atoms with Gasteiger partial charge in [-0.25, -0.2) is 0 Å². The highest BCUT2D eigenvalue weighted by Gasteiger charge is 2.09. The van der Waals surface area contributed by atoms with Gasteiger partial charge in [-0.3, -0.25) is 0 Å². The second-order valence-corrected chi connectivity index (χ2v) is 5.81. The lowest BCUT2D eigenvalue weighted by molar-refractivity contribution is 0.553. The van der Waals surface area contributed by atoms with Crippen molar-refractivity contribution in [2.45, 2.75) is 83.9 Å². The summed E-state index contributed by atoms with van der Waals surface area (Å²) >= 11 is 0. The maximum atomic E-state index is 5.29. The molecule has 0 saturated heterocycles. The van der Waals surface area contributed by atoms with Crippen LogP contribution in [0.1, 0.15) is 78.1 Å². The zero-order chi connectivity index (χ0) is 15.6. The molecule has 0 nitrogen and oxygen atoms in total. The highest BCUT2D eigenvalue weighted by atomic mass is 14.0. The van der Waals surface area contributed by atoms with Gasteiger partial charge in [0.2, 0.25) is 0 Å². The molecule has 0 aromatic heterocycles. The topological polar surface area (TPSA) is 0 Å². The van der Waals surface area contributed by atoms with Crippen molar-refractivity contribution in [2.24, 2.45) is 0 Å². The van der Waals surface area contributed by atoms with Gasteiger partial charge in [0.1, 0.15) is 0 Å². The third-order valence-corrected chi connectivity index (χ3v) is 3.80. The third kappa shape index (κ3) is 16.7. The van der Waals surface area contributed by atoms with Crippen molar-refractivity contribution in [3.8, 4) is 0 Å². The van der Waals surface area contributed by atoms with Crippen LogP contribution in [0.2, 0.25) is 5.82 Å². The molecular formula is C13H27B8. The lowest BCUT2D eigenvalue weighted by atomic mass is 8.92. The summed E-state index contributed by atoms with van der Waals surface area (Å²) in [5, 5.41) is 0. The molecule has 0 bridgehead atoms. The lowest BCUT2D eigenvalue weighted by Crippen LogP contribution is -2.30. The summed E-state index contributed by atoms with van der Waals surface area (Å²) in [6, 6.07) is 0. The Bertz CT molecular complexity index is 193. The van der Waals surface area contributed by atoms with Crippen LogP contribution >= 0.6 is 0 Å². The van der Waals surface area contributed by atoms with E-state index in [1.54, 1.807) is 7.06 Å². The van der Waals surface area contributed by atoms with Crippen molar-refractivity contribution in [2.75, 3.05) is 0 Å². The van der Waals surface area contributed by atoms with Gasteiger partial charge in [-0.2, -0.15) is 0 Å². The zero-order valence-corrected chi connectivity index (χ0v) is 14.3. The maximum Gasteiger partial charge on any atom is 0.0587 e. The minimum absolute atomic E-state index is 0.757. The van der Waals surface area contributed by atoms with Gasteiger partial charge in [0.25, 0.3) is 0 Å². The SMILES string of the molecule is [B][B][B][B][B][B][B][B]C(CCCCC)CCCCCCC. The molecule has 0 amide bonds. The first kappa shape index (κ1) is 21.5. The van der Waals surface area contributed by atoms with E-state index < -0.39 is 0 Å². The van der Waals surface area contributed by atoms with E-state index in [2.05, 4.69) is 35.1 Å². The third-order valence-electron chi connectivity index (χ3n) is 3.80. The Morgan fingerprint density at radius 1 is 0.667 bits per heavy atom. The minimum atomic E-state index is 0.757. The fraction of sp³-hybridized carbons (Fsp3) is 1.00. The molecule has 1 atom stereocenters. The Morgan fingerprint density at radius 2 is 1.19 bits per heavy atom. The molecule has 0 saturated carbocycles. The number of hydrogen-bond acceptors (Lipinski definition) is 0. The van der Waals surface area contributed by atoms with Crippen LogP contribution in [0.5, 0.6) is 0 Å². The van der Waals surface area contributed by atoms with Crippen LogP contribution in [0, 0.1) is 0 Å². The quantitative estimate of drug-likeness (QED) is 0.281. The van der Waals surface area contributed by atoms with Gasteiger partial charge >= 0.3 is 0 Å². The summed E-state index contributed by atoms with van der Waals surface area (Å²) in [5.74, 6) is 0.757. The Hall–Kier alpha value is 0.519. The number of rotatable bonds is 17. The van der Waals surface area contributed by atoms with Crippen molar-refractivity contribution < 1.29 is 0 Å². The molecule has 0 aromatic rings. The molecular weight excluding hydrogens is 243 g/mol. The standard InChI is InChI=1S/C13H27B8/c1-3-5-7-8-10-12-13(11-9-6-4-2)15-17-19-21-20-18-16-14/h13H,3-12H2,1-2H3. The molecule has 0 aliphatic rings. The van der Waals surface area contributed by atoms with Gasteiger partial charge in [0, 0.05) is 50.1 Å². The summed E-state index contributed by atoms with van der Waals surface area (Å²) in [5.41, 5.74) is 0. The molecule has 0 aromatic carbocycles. The molecule has 0 heterocycles. The van der Waals surface area contributed by atoms with Crippen LogP contribution in [-0.2, 0) is 0 Å². The average molecular weight is 270 g/mol. The van der Waals surface area contributed by atoms with E-state index in [1.807, 2.05) is 21.2 Å². The second-order valence-electron chi connectivity index (χ2n) is 5.81. The van der Waals surface area contributed by atoms with Crippen LogP contribution in [0.4, 0.5) is 0 Å². The lowest BCUT2D eigenvalue weighted by Gasteiger charge is -2.16. The molecule has 0 aliphatic heterocycles. The van der Waals surface area contributed by atoms with Gasteiger partial charge in [-0.15, -0.1) is 0 Å². The van der Waals surface area contributed by atoms with Crippen molar-refractivity contribution in [3.05, 3.63) is 0 Å². The smallest absolute Gasteiger partial charge is 0.0587 e. The van der Waals surface area contributed by atoms with Gasteiger partial charge < -0.3 is 0 Å². The van der Waals surface area contributed by atoms with Crippen LogP contribution < -0.4 is 0 Å². The van der Waals surface area contributed by atoms with E-state index in [-0.39, 0.29) is 0 Å². The van der Waals surface area contributed by atoms with E-state index in [4.69, 9.17) is 7.74 Å². The summed E-state index contributed by atoms with van der Waals surface area (Å²) in [7, 11) is 19.4. The predicted molar refractivity (Wildman–Crippen MR) is 107 cm³/mol. The largest absolute Gasteiger partial charge is 0.0782 e. The molecule has 0 rings (SSSR count). The normalized spacial score (nSPS) is 11.3. The molecule has 9 radical (unpaired) electrons. The van der Waals surface area contributed by atoms with Gasteiger partial charge in [0.05, 0.1) is 7.17 Å². The first-order valence-corrected chi connectivity index (χ1v) is 8.90. The van der Waals surface area contributed by atoms with E-state index in [1.165, 1.54) is 64.2 Å². The van der Waals surface area contributed by atoms with Crippen LogP contribution in [0.3, 0.4) is 0 Å². The van der Waals surface area contributed by atoms with Crippen molar-refractivity contribution in [3.63, 3.8) is 0 Å². The fourth-order valence-electron chi connectivity index (χ4n) is 2.48. The second kappa shape index (κ2) is 18.6. The summed E-state index contributed by atoms with van der Waals surface area (Å²) < 4.78 is 0. The molecule has 0 spiro atoms. The number of unbranched alkanes of at least 4 members (excludes halogenated alkanes) is 6. The first-order chi connectivity index (χ1) is 10.3. The number of hydrogen-bond donors (Lipinski definition) is 0. The average Bonchev–Trinajstić information content (AvgIpc) is 2.50. The summed E-state index contributed by atoms with van der Waals surface area (Å²) in [6.07, 6.45) is 13.7. The summed E-state index contributed by atoms with van der Waals surface area (Å²) in [4.78, 5) is 0. The van der Waals surface area contributed by atoms with E-state index >= 15 is 0 Å². The van der Waals surface area contributed by atoms with Crippen LogP contribution in [-0.4, -0.2) is 57.3 Å². The van der Waals surface area contributed by atoms with Gasteiger partial charge in [0.15, 0.2) is 0 Å². The van der Waals surface area contributed by atoms with Crippen molar-refractivity contribution in [1.82, 2.24) is 0 Å². The molecule has 0 N–H and O–H groups in total. The van der Waals surface area contributed by atoms with E-state index in [0.717, 1.165) is 5.82 Å². The molecule has 0 fully saturated rings. The van der Waals surface area contributed by atoms with Crippen LogP contribution in [0.25, 0.3) is 0 Å². The highest BCUT2D eigenvalue weighted by Crippen LogP contribution is 2.22. The van der Waals surface area contributed by atoms with Gasteiger partial charge in [-0.05, 0) is 0 Å². The predicted octanol–water partition coefficient (Wildman–Crippen LogP) is 2.22. The van der Waals surface area contributed by atoms with Crippen molar-refractivity contribution >= 4 is 57.3 Å². The Kier molecular flexibility index (Phi) is 19.0. The Labute approximate surface area is 141 Å². The van der Waals surface area contributed by atoms with Crippen molar-refractivity contribution in [1.29, 1.82) is 0 Å². The van der Waals surface area contributed by atoms with Crippen LogP contribution in [0.15, 0.2) is 0 Å². The maximum absolute atomic E-state index is 5.29. The van der Waals surface area contributed by atoms with Gasteiger partial charge in [-0.1, -0.05) is 83.9 Å². The fourth-order valence-corrected chi connectivity index (χ4v) is 2.48. The monoisotopic (exact) mass is 271 g/mol. The molecule has 1 unspecified atom stereocenters. The molecule has 8 heteroatoms. The molecule has 21 heavy (non-hydrogen) atoms. The van der Waals surface area contributed by atoms with E-state index in [9.17, 15) is 0 Å². The highest BCUT2D eigenvalue weighted by molar-refractivity contribution is 7.65. The summed E-state index contributed by atoms with van der Waals surface area (Å²) in [6.45, 7) is 4.55. The Balaban J connectivity index is 3.64. The first-order valence-electron chi connectivity index (χ1n) is 8.90. The molecule has 103 valence electrons. The molecule has 0 aliphatic carbocycles. The van der Waals surface area contributed by atoms with E-state index in [0.29, 0.717) is 0 Å². The zero-order valence-electron chi connectivity index (χ0n) is 14.3.